The van der Waals surface area contributed by atoms with Crippen LogP contribution in [0.4, 0.5) is 5.69 Å². The standard InChI is InChI=1S/C17H21NO3/c1-3-21-16-6-4-5-13(11-16)17(12-19)18-14-7-9-15(20-2)10-8-14/h4-11,17-19H,3,12H2,1-2H3. The van der Waals surface area contributed by atoms with Crippen molar-refractivity contribution in [1.82, 2.24) is 0 Å². The van der Waals surface area contributed by atoms with Crippen molar-refractivity contribution in [3.8, 4) is 11.5 Å². The minimum atomic E-state index is -0.182. The van der Waals surface area contributed by atoms with Gasteiger partial charge in [0.1, 0.15) is 11.5 Å². The molecule has 0 amide bonds. The average molecular weight is 287 g/mol. The van der Waals surface area contributed by atoms with Gasteiger partial charge in [-0.15, -0.1) is 0 Å². The van der Waals surface area contributed by atoms with E-state index in [2.05, 4.69) is 5.32 Å². The van der Waals surface area contributed by atoms with Gasteiger partial charge in [-0.3, -0.25) is 0 Å². The Morgan fingerprint density at radius 3 is 2.48 bits per heavy atom. The molecule has 0 aliphatic carbocycles. The largest absolute Gasteiger partial charge is 0.497 e. The van der Waals surface area contributed by atoms with Crippen molar-refractivity contribution in [2.45, 2.75) is 13.0 Å². The van der Waals surface area contributed by atoms with E-state index in [1.165, 1.54) is 0 Å². The van der Waals surface area contributed by atoms with Gasteiger partial charge in [0.25, 0.3) is 0 Å². The SMILES string of the molecule is CCOc1cccc(C(CO)Nc2ccc(OC)cc2)c1. The summed E-state index contributed by atoms with van der Waals surface area (Å²) in [5.41, 5.74) is 1.91. The van der Waals surface area contributed by atoms with E-state index < -0.39 is 0 Å². The van der Waals surface area contributed by atoms with Gasteiger partial charge in [0.15, 0.2) is 0 Å². The van der Waals surface area contributed by atoms with Crippen LogP contribution in [0.2, 0.25) is 0 Å². The van der Waals surface area contributed by atoms with Gasteiger partial charge in [-0.1, -0.05) is 12.1 Å². The van der Waals surface area contributed by atoms with Crippen molar-refractivity contribution in [3.63, 3.8) is 0 Å². The van der Waals surface area contributed by atoms with Gasteiger partial charge < -0.3 is 19.9 Å². The van der Waals surface area contributed by atoms with Gasteiger partial charge in [0.05, 0.1) is 26.4 Å². The van der Waals surface area contributed by atoms with Crippen molar-refractivity contribution < 1.29 is 14.6 Å². The number of ether oxygens (including phenoxy) is 2. The average Bonchev–Trinajstić information content (AvgIpc) is 2.54. The highest BCUT2D eigenvalue weighted by molar-refractivity contribution is 5.48. The molecule has 0 spiro atoms. The fraction of sp³-hybridized carbons (Fsp3) is 0.294. The molecule has 0 aliphatic rings. The van der Waals surface area contributed by atoms with Crippen LogP contribution >= 0.6 is 0 Å². The molecule has 112 valence electrons. The Labute approximate surface area is 125 Å². The number of benzene rings is 2. The van der Waals surface area contributed by atoms with E-state index in [-0.39, 0.29) is 12.6 Å². The van der Waals surface area contributed by atoms with Crippen LogP contribution in [-0.4, -0.2) is 25.4 Å². The summed E-state index contributed by atoms with van der Waals surface area (Å²) in [6, 6.07) is 15.2. The molecule has 0 bridgehead atoms. The summed E-state index contributed by atoms with van der Waals surface area (Å²) in [5, 5.41) is 12.9. The fourth-order valence-electron chi connectivity index (χ4n) is 2.11. The third-order valence-corrected chi connectivity index (χ3v) is 3.18. The molecule has 0 fully saturated rings. The van der Waals surface area contributed by atoms with E-state index in [4.69, 9.17) is 9.47 Å². The predicted octanol–water partition coefficient (Wildman–Crippen LogP) is 3.24. The topological polar surface area (TPSA) is 50.7 Å². The van der Waals surface area contributed by atoms with Gasteiger partial charge in [-0.25, -0.2) is 0 Å². The summed E-state index contributed by atoms with van der Waals surface area (Å²) in [4.78, 5) is 0. The number of nitrogens with one attached hydrogen (secondary N) is 1. The second-order valence-corrected chi connectivity index (χ2v) is 4.61. The van der Waals surface area contributed by atoms with Crippen LogP contribution in [0, 0.1) is 0 Å². The maximum Gasteiger partial charge on any atom is 0.119 e. The highest BCUT2D eigenvalue weighted by Gasteiger charge is 2.11. The monoisotopic (exact) mass is 287 g/mol. The first-order valence-corrected chi connectivity index (χ1v) is 7.01. The normalized spacial score (nSPS) is 11.8. The molecule has 0 aliphatic heterocycles. The minimum absolute atomic E-state index is 0.00159. The van der Waals surface area contributed by atoms with Gasteiger partial charge >= 0.3 is 0 Å². The highest BCUT2D eigenvalue weighted by atomic mass is 16.5. The zero-order valence-corrected chi connectivity index (χ0v) is 12.4. The molecule has 0 saturated carbocycles. The summed E-state index contributed by atoms with van der Waals surface area (Å²) < 4.78 is 10.6. The van der Waals surface area contributed by atoms with E-state index in [0.717, 1.165) is 22.7 Å². The van der Waals surface area contributed by atoms with Gasteiger partial charge in [0.2, 0.25) is 0 Å². The lowest BCUT2D eigenvalue weighted by molar-refractivity contribution is 0.275. The van der Waals surface area contributed by atoms with E-state index in [0.29, 0.717) is 6.61 Å². The Morgan fingerprint density at radius 2 is 1.86 bits per heavy atom. The quantitative estimate of drug-likeness (QED) is 0.821. The first-order valence-electron chi connectivity index (χ1n) is 7.01. The number of hydrogen-bond donors (Lipinski definition) is 2. The molecule has 1 unspecified atom stereocenters. The van der Waals surface area contributed by atoms with E-state index in [1.54, 1.807) is 7.11 Å². The minimum Gasteiger partial charge on any atom is -0.497 e. The molecule has 2 N–H and O–H groups in total. The molecule has 4 nitrogen and oxygen atoms in total. The molecule has 21 heavy (non-hydrogen) atoms. The molecule has 0 aromatic heterocycles. The number of hydrogen-bond acceptors (Lipinski definition) is 4. The lowest BCUT2D eigenvalue weighted by Crippen LogP contribution is -2.14. The van der Waals surface area contributed by atoms with Gasteiger partial charge in [-0.05, 0) is 48.9 Å². The first kappa shape index (κ1) is 15.2. The van der Waals surface area contributed by atoms with Crippen molar-refractivity contribution >= 4 is 5.69 Å². The van der Waals surface area contributed by atoms with Crippen LogP contribution in [0.15, 0.2) is 48.5 Å². The maximum absolute atomic E-state index is 9.63. The molecule has 0 heterocycles. The maximum atomic E-state index is 9.63. The summed E-state index contributed by atoms with van der Waals surface area (Å²) in [5.74, 6) is 1.62. The van der Waals surface area contributed by atoms with Crippen LogP contribution in [0.1, 0.15) is 18.5 Å². The number of aliphatic hydroxyl groups excluding tert-OH is 1. The number of anilines is 1. The summed E-state index contributed by atoms with van der Waals surface area (Å²) in [7, 11) is 1.64. The molecule has 2 aromatic carbocycles. The van der Waals surface area contributed by atoms with Crippen LogP contribution in [0.25, 0.3) is 0 Å². The number of aliphatic hydroxyl groups is 1. The van der Waals surface area contributed by atoms with Crippen LogP contribution < -0.4 is 14.8 Å². The molecule has 0 radical (unpaired) electrons. The summed E-state index contributed by atoms with van der Waals surface area (Å²) in [6.45, 7) is 2.58. The summed E-state index contributed by atoms with van der Waals surface area (Å²) >= 11 is 0. The molecule has 4 heteroatoms. The Kier molecular flexibility index (Phi) is 5.46. The number of methoxy groups -OCH3 is 1. The van der Waals surface area contributed by atoms with Gasteiger partial charge in [0, 0.05) is 5.69 Å². The Balaban J connectivity index is 2.12. The molecule has 2 aromatic rings. The van der Waals surface area contributed by atoms with E-state index >= 15 is 0 Å². The van der Waals surface area contributed by atoms with Crippen molar-refractivity contribution in [2.24, 2.45) is 0 Å². The lowest BCUT2D eigenvalue weighted by atomic mass is 10.1. The molecule has 0 saturated heterocycles. The Bertz CT molecular complexity index is 554. The van der Waals surface area contributed by atoms with Crippen LogP contribution in [0.5, 0.6) is 11.5 Å². The third kappa shape index (κ3) is 4.13. The fourth-order valence-corrected chi connectivity index (χ4v) is 2.11. The second kappa shape index (κ2) is 7.55. The third-order valence-electron chi connectivity index (χ3n) is 3.18. The predicted molar refractivity (Wildman–Crippen MR) is 84.1 cm³/mol. The van der Waals surface area contributed by atoms with Gasteiger partial charge in [-0.2, -0.15) is 0 Å². The zero-order valence-electron chi connectivity index (χ0n) is 12.4. The number of rotatable bonds is 7. The van der Waals surface area contributed by atoms with Crippen LogP contribution in [0.3, 0.4) is 0 Å². The smallest absolute Gasteiger partial charge is 0.119 e. The lowest BCUT2D eigenvalue weighted by Gasteiger charge is -2.19. The van der Waals surface area contributed by atoms with Crippen molar-refractivity contribution in [1.29, 1.82) is 0 Å². The summed E-state index contributed by atoms with van der Waals surface area (Å²) in [6.07, 6.45) is 0. The Morgan fingerprint density at radius 1 is 1.10 bits per heavy atom. The molecular formula is C17H21NO3. The van der Waals surface area contributed by atoms with E-state index in [1.807, 2.05) is 55.5 Å². The second-order valence-electron chi connectivity index (χ2n) is 4.61. The molecule has 1 atom stereocenters. The molecular weight excluding hydrogens is 266 g/mol. The highest BCUT2D eigenvalue weighted by Crippen LogP contribution is 2.24. The van der Waals surface area contributed by atoms with E-state index in [9.17, 15) is 5.11 Å². The zero-order chi connectivity index (χ0) is 15.1. The Hall–Kier alpha value is -2.20. The van der Waals surface area contributed by atoms with Crippen LogP contribution in [-0.2, 0) is 0 Å². The first-order chi connectivity index (χ1) is 10.3. The molecule has 2 rings (SSSR count). The van der Waals surface area contributed by atoms with Crippen molar-refractivity contribution in [2.75, 3.05) is 25.6 Å². The van der Waals surface area contributed by atoms with Crippen molar-refractivity contribution in [3.05, 3.63) is 54.1 Å².